The molecule has 1 aromatic heterocycles. The van der Waals surface area contributed by atoms with Crippen LogP contribution in [-0.2, 0) is 5.33 Å². The van der Waals surface area contributed by atoms with Crippen LogP contribution in [0, 0.1) is 5.92 Å². The van der Waals surface area contributed by atoms with E-state index in [1.165, 1.54) is 12.8 Å². The van der Waals surface area contributed by atoms with E-state index in [1.54, 1.807) is 0 Å². The van der Waals surface area contributed by atoms with Gasteiger partial charge in [-0.1, -0.05) is 28.0 Å². The number of hydrogen-bond donors (Lipinski definition) is 0. The number of nitrogens with zero attached hydrogens (tertiary/aromatic N) is 2. The van der Waals surface area contributed by atoms with Crippen molar-refractivity contribution in [3.05, 3.63) is 11.7 Å². The molecule has 0 spiro atoms. The number of aromatic nitrogens is 2. The maximum Gasteiger partial charge on any atom is 0.229 e. The summed E-state index contributed by atoms with van der Waals surface area (Å²) in [4.78, 5) is 4.26. The summed E-state index contributed by atoms with van der Waals surface area (Å²) in [5.74, 6) is 2.93. The third kappa shape index (κ3) is 1.40. The lowest BCUT2D eigenvalue weighted by Gasteiger charge is -2.29. The topological polar surface area (TPSA) is 38.9 Å². The van der Waals surface area contributed by atoms with Crippen molar-refractivity contribution in [3.63, 3.8) is 0 Å². The van der Waals surface area contributed by atoms with Crippen molar-refractivity contribution < 1.29 is 4.52 Å². The average molecular weight is 231 g/mol. The molecule has 0 aliphatic heterocycles. The Hall–Kier alpha value is -0.380. The van der Waals surface area contributed by atoms with Crippen molar-refractivity contribution in [2.75, 3.05) is 0 Å². The van der Waals surface area contributed by atoms with Crippen LogP contribution < -0.4 is 0 Å². The van der Waals surface area contributed by atoms with Gasteiger partial charge in [-0.15, -0.1) is 0 Å². The Morgan fingerprint density at radius 1 is 1.58 bits per heavy atom. The Bertz CT molecular complexity index is 268. The van der Waals surface area contributed by atoms with Crippen molar-refractivity contribution in [2.24, 2.45) is 5.92 Å². The molecule has 12 heavy (non-hydrogen) atoms. The smallest absolute Gasteiger partial charge is 0.229 e. The van der Waals surface area contributed by atoms with E-state index in [4.69, 9.17) is 4.52 Å². The van der Waals surface area contributed by atoms with E-state index >= 15 is 0 Å². The molecule has 1 aromatic rings. The van der Waals surface area contributed by atoms with Crippen molar-refractivity contribution >= 4 is 15.9 Å². The fourth-order valence-electron chi connectivity index (χ4n) is 1.59. The molecule has 4 heteroatoms. The van der Waals surface area contributed by atoms with Crippen LogP contribution >= 0.6 is 15.9 Å². The van der Waals surface area contributed by atoms with Gasteiger partial charge in [0.05, 0.1) is 5.33 Å². The SMILES string of the molecule is CC1CC(c2nc(CBr)no2)C1. The molecular formula is C8H11BrN2O. The van der Waals surface area contributed by atoms with Crippen LogP contribution in [0.1, 0.15) is 37.4 Å². The van der Waals surface area contributed by atoms with Crippen LogP contribution in [0.5, 0.6) is 0 Å². The zero-order chi connectivity index (χ0) is 8.55. The molecule has 0 aromatic carbocycles. The van der Waals surface area contributed by atoms with Crippen LogP contribution in [0.25, 0.3) is 0 Å². The van der Waals surface area contributed by atoms with Crippen LogP contribution in [0.4, 0.5) is 0 Å². The largest absolute Gasteiger partial charge is 0.339 e. The highest BCUT2D eigenvalue weighted by atomic mass is 79.9. The maximum atomic E-state index is 5.12. The lowest BCUT2D eigenvalue weighted by molar-refractivity contribution is 0.227. The monoisotopic (exact) mass is 230 g/mol. The molecule has 2 rings (SSSR count). The highest BCUT2D eigenvalue weighted by Gasteiger charge is 2.31. The van der Waals surface area contributed by atoms with Crippen LogP contribution in [0.2, 0.25) is 0 Å². The Balaban J connectivity index is 2.04. The molecular weight excluding hydrogens is 220 g/mol. The van der Waals surface area contributed by atoms with Crippen molar-refractivity contribution in [3.8, 4) is 0 Å². The molecule has 66 valence electrons. The summed E-state index contributed by atoms with van der Waals surface area (Å²) in [7, 11) is 0. The first kappa shape index (κ1) is 8.23. The van der Waals surface area contributed by atoms with Crippen molar-refractivity contribution in [1.82, 2.24) is 10.1 Å². The van der Waals surface area contributed by atoms with Gasteiger partial charge >= 0.3 is 0 Å². The van der Waals surface area contributed by atoms with E-state index < -0.39 is 0 Å². The summed E-state index contributed by atoms with van der Waals surface area (Å²) in [5, 5.41) is 4.51. The first-order valence-electron chi connectivity index (χ1n) is 4.18. The highest BCUT2D eigenvalue weighted by molar-refractivity contribution is 9.08. The summed E-state index contributed by atoms with van der Waals surface area (Å²) in [6, 6.07) is 0. The molecule has 0 radical (unpaired) electrons. The summed E-state index contributed by atoms with van der Waals surface area (Å²) in [6.45, 7) is 2.25. The van der Waals surface area contributed by atoms with Gasteiger partial charge in [-0.3, -0.25) is 0 Å². The molecule has 1 heterocycles. The minimum Gasteiger partial charge on any atom is -0.339 e. The van der Waals surface area contributed by atoms with Gasteiger partial charge in [0.2, 0.25) is 5.89 Å². The van der Waals surface area contributed by atoms with Gasteiger partial charge in [0.25, 0.3) is 0 Å². The highest BCUT2D eigenvalue weighted by Crippen LogP contribution is 2.40. The third-order valence-electron chi connectivity index (χ3n) is 2.33. The van der Waals surface area contributed by atoms with Crippen LogP contribution in [0.15, 0.2) is 4.52 Å². The van der Waals surface area contributed by atoms with E-state index in [9.17, 15) is 0 Å². The molecule has 1 fully saturated rings. The van der Waals surface area contributed by atoms with Crippen molar-refractivity contribution in [1.29, 1.82) is 0 Å². The van der Waals surface area contributed by atoms with Crippen LogP contribution in [-0.4, -0.2) is 10.1 Å². The molecule has 3 nitrogen and oxygen atoms in total. The molecule has 0 N–H and O–H groups in total. The van der Waals surface area contributed by atoms with Gasteiger partial charge in [0.1, 0.15) is 0 Å². The maximum absolute atomic E-state index is 5.12. The summed E-state index contributed by atoms with van der Waals surface area (Å²) in [6.07, 6.45) is 2.40. The molecule has 1 aliphatic carbocycles. The molecule has 0 amide bonds. The predicted molar refractivity (Wildman–Crippen MR) is 48.1 cm³/mol. The fourth-order valence-corrected chi connectivity index (χ4v) is 1.82. The molecule has 0 bridgehead atoms. The van der Waals surface area contributed by atoms with E-state index in [0.717, 1.165) is 17.6 Å². The quantitative estimate of drug-likeness (QED) is 0.734. The third-order valence-corrected chi connectivity index (χ3v) is 2.83. The number of hydrogen-bond acceptors (Lipinski definition) is 3. The minimum absolute atomic E-state index is 0.528. The van der Waals surface area contributed by atoms with Crippen LogP contribution in [0.3, 0.4) is 0 Å². The van der Waals surface area contributed by atoms with Gasteiger partial charge in [-0.2, -0.15) is 4.98 Å². The van der Waals surface area contributed by atoms with Crippen molar-refractivity contribution in [2.45, 2.75) is 31.0 Å². The Kier molecular flexibility index (Phi) is 2.17. The lowest BCUT2D eigenvalue weighted by Crippen LogP contribution is -2.19. The lowest BCUT2D eigenvalue weighted by atomic mass is 9.76. The summed E-state index contributed by atoms with van der Waals surface area (Å²) < 4.78 is 5.12. The average Bonchev–Trinajstić information content (AvgIpc) is 2.46. The van der Waals surface area contributed by atoms with Gasteiger partial charge in [-0.05, 0) is 18.8 Å². The standard InChI is InChI=1S/C8H11BrN2O/c1-5-2-6(3-5)8-10-7(4-9)11-12-8/h5-6H,2-4H2,1H3. The van der Waals surface area contributed by atoms with Gasteiger partial charge < -0.3 is 4.52 Å². The van der Waals surface area contributed by atoms with Gasteiger partial charge in [-0.25, -0.2) is 0 Å². The normalized spacial score (nSPS) is 28.5. The Morgan fingerprint density at radius 3 is 2.83 bits per heavy atom. The molecule has 0 saturated heterocycles. The van der Waals surface area contributed by atoms with E-state index in [2.05, 4.69) is 33.0 Å². The first-order chi connectivity index (χ1) is 5.79. The number of alkyl halides is 1. The second kappa shape index (κ2) is 3.17. The van der Waals surface area contributed by atoms with Gasteiger partial charge in [0, 0.05) is 5.92 Å². The first-order valence-corrected chi connectivity index (χ1v) is 5.30. The molecule has 0 atom stereocenters. The fraction of sp³-hybridized carbons (Fsp3) is 0.750. The molecule has 0 unspecified atom stereocenters. The number of rotatable bonds is 2. The molecule has 1 saturated carbocycles. The second-order valence-electron chi connectivity index (χ2n) is 3.46. The number of halogens is 1. The minimum atomic E-state index is 0.528. The molecule has 1 aliphatic rings. The Labute approximate surface area is 79.7 Å². The zero-order valence-electron chi connectivity index (χ0n) is 6.96. The summed E-state index contributed by atoms with van der Waals surface area (Å²) >= 11 is 3.29. The predicted octanol–water partition coefficient (Wildman–Crippen LogP) is 2.48. The van der Waals surface area contributed by atoms with E-state index in [0.29, 0.717) is 11.2 Å². The Morgan fingerprint density at radius 2 is 2.33 bits per heavy atom. The second-order valence-corrected chi connectivity index (χ2v) is 4.02. The van der Waals surface area contributed by atoms with Gasteiger partial charge in [0.15, 0.2) is 5.82 Å². The summed E-state index contributed by atoms with van der Waals surface area (Å²) in [5.41, 5.74) is 0. The van der Waals surface area contributed by atoms with E-state index in [-0.39, 0.29) is 0 Å². The zero-order valence-corrected chi connectivity index (χ0v) is 8.54. The van der Waals surface area contributed by atoms with E-state index in [1.807, 2.05) is 0 Å².